The number of nitrogens with zero attached hydrogens (tertiary/aromatic N) is 1. The van der Waals surface area contributed by atoms with Gasteiger partial charge in [-0.3, -0.25) is 19.2 Å². The second kappa shape index (κ2) is 13.8. The van der Waals surface area contributed by atoms with Crippen molar-refractivity contribution in [1.29, 1.82) is 0 Å². The number of ether oxygens (including phenoxy) is 1. The molecule has 3 aromatic rings. The van der Waals surface area contributed by atoms with Crippen LogP contribution in [0.3, 0.4) is 0 Å². The van der Waals surface area contributed by atoms with E-state index in [1.54, 1.807) is 35.2 Å². The lowest BCUT2D eigenvalue weighted by molar-refractivity contribution is -0.138. The van der Waals surface area contributed by atoms with Gasteiger partial charge in [0, 0.05) is 31.6 Å². The highest BCUT2D eigenvalue weighted by molar-refractivity contribution is 7.18. The van der Waals surface area contributed by atoms with E-state index in [1.807, 2.05) is 17.5 Å². The third-order valence-electron chi connectivity index (χ3n) is 6.86. The number of rotatable bonds is 10. The molecular weight excluding hydrogens is 589 g/mol. The van der Waals surface area contributed by atoms with Crippen molar-refractivity contribution < 1.29 is 29.0 Å². The molecule has 4 rings (SSSR count). The zero-order valence-corrected chi connectivity index (χ0v) is 24.5. The number of carboxylic acid groups (broad SMARTS) is 1. The van der Waals surface area contributed by atoms with Gasteiger partial charge in [0.25, 0.3) is 5.91 Å². The number of carbonyl (C=O) groups excluding carboxylic acids is 3. The third-order valence-corrected chi connectivity index (χ3v) is 8.80. The van der Waals surface area contributed by atoms with E-state index in [0.717, 1.165) is 10.1 Å². The molecule has 0 saturated carbocycles. The van der Waals surface area contributed by atoms with Crippen molar-refractivity contribution in [2.75, 3.05) is 26.7 Å². The minimum absolute atomic E-state index is 0.0687. The number of halogens is 2. The highest BCUT2D eigenvalue weighted by atomic mass is 35.5. The van der Waals surface area contributed by atoms with Gasteiger partial charge in [-0.15, -0.1) is 11.3 Å². The van der Waals surface area contributed by atoms with Gasteiger partial charge in [0.05, 0.1) is 39.9 Å². The van der Waals surface area contributed by atoms with E-state index < -0.39 is 23.8 Å². The van der Waals surface area contributed by atoms with Gasteiger partial charge >= 0.3 is 5.97 Å². The minimum Gasteiger partial charge on any atom is -0.496 e. The fraction of sp³-hybridized carbons (Fsp3) is 0.310. The second-order valence-corrected chi connectivity index (χ2v) is 11.3. The van der Waals surface area contributed by atoms with E-state index in [-0.39, 0.29) is 24.8 Å². The predicted octanol–water partition coefficient (Wildman–Crippen LogP) is 4.86. The minimum atomic E-state index is -1.10. The number of amides is 3. The van der Waals surface area contributed by atoms with Crippen LogP contribution in [0, 0.1) is 5.92 Å². The van der Waals surface area contributed by atoms with Crippen LogP contribution in [0.2, 0.25) is 10.0 Å². The van der Waals surface area contributed by atoms with Crippen molar-refractivity contribution in [1.82, 2.24) is 15.5 Å². The van der Waals surface area contributed by atoms with Crippen LogP contribution in [0.1, 0.15) is 35.2 Å². The highest BCUT2D eigenvalue weighted by Crippen LogP contribution is 2.37. The van der Waals surface area contributed by atoms with E-state index in [4.69, 9.17) is 27.9 Å². The molecule has 0 spiro atoms. The number of aliphatic carboxylic acids is 1. The Balaban J connectivity index is 1.30. The first-order valence-electron chi connectivity index (χ1n) is 12.9. The van der Waals surface area contributed by atoms with Crippen molar-refractivity contribution in [2.45, 2.75) is 25.3 Å². The lowest BCUT2D eigenvalue weighted by Gasteiger charge is -2.31. The first-order chi connectivity index (χ1) is 19.7. The number of nitrogens with one attached hydrogen (secondary N) is 2. The monoisotopic (exact) mass is 617 g/mol. The normalized spacial score (nSPS) is 14.7. The van der Waals surface area contributed by atoms with Crippen molar-refractivity contribution in [3.8, 4) is 5.75 Å². The molecule has 1 aromatic heterocycles. The second-order valence-electron chi connectivity index (χ2n) is 9.58. The average Bonchev–Trinajstić information content (AvgIpc) is 3.45. The van der Waals surface area contributed by atoms with Crippen molar-refractivity contribution >= 4 is 74.4 Å². The van der Waals surface area contributed by atoms with Gasteiger partial charge in [-0.05, 0) is 59.5 Å². The van der Waals surface area contributed by atoms with Crippen LogP contribution in [0.5, 0.6) is 5.75 Å². The van der Waals surface area contributed by atoms with Crippen LogP contribution in [-0.2, 0) is 14.4 Å². The molecule has 0 radical (unpaired) electrons. The van der Waals surface area contributed by atoms with Gasteiger partial charge in [-0.1, -0.05) is 35.3 Å². The number of para-hydroxylation sites is 1. The lowest BCUT2D eigenvalue weighted by Crippen LogP contribution is -2.49. The molecule has 41 heavy (non-hydrogen) atoms. The van der Waals surface area contributed by atoms with E-state index in [2.05, 4.69) is 10.6 Å². The van der Waals surface area contributed by atoms with E-state index >= 15 is 0 Å². The molecule has 1 aliphatic rings. The summed E-state index contributed by atoms with van der Waals surface area (Å²) in [5, 5.41) is 18.5. The molecule has 1 saturated heterocycles. The number of hydrogen-bond acceptors (Lipinski definition) is 6. The Kier molecular flexibility index (Phi) is 10.3. The van der Waals surface area contributed by atoms with E-state index in [1.165, 1.54) is 24.5 Å². The molecule has 9 nitrogen and oxygen atoms in total. The van der Waals surface area contributed by atoms with Crippen molar-refractivity contribution in [3.63, 3.8) is 0 Å². The number of carboxylic acids is 1. The summed E-state index contributed by atoms with van der Waals surface area (Å²) >= 11 is 14.3. The maximum atomic E-state index is 13.0. The Hall–Kier alpha value is -3.60. The lowest BCUT2D eigenvalue weighted by atomic mass is 9.95. The fourth-order valence-corrected chi connectivity index (χ4v) is 6.10. The Labute approximate surface area is 251 Å². The van der Waals surface area contributed by atoms with Crippen molar-refractivity contribution in [3.05, 3.63) is 69.0 Å². The van der Waals surface area contributed by atoms with Crippen molar-refractivity contribution in [2.24, 2.45) is 5.92 Å². The number of piperidine rings is 1. The zero-order chi connectivity index (χ0) is 29.5. The van der Waals surface area contributed by atoms with Crippen LogP contribution < -0.4 is 15.4 Å². The Bertz CT molecular complexity index is 1480. The van der Waals surface area contributed by atoms with Gasteiger partial charge in [-0.25, -0.2) is 0 Å². The van der Waals surface area contributed by atoms with E-state index in [0.29, 0.717) is 52.9 Å². The highest BCUT2D eigenvalue weighted by Gasteiger charge is 2.29. The molecule has 216 valence electrons. The molecule has 1 fully saturated rings. The summed E-state index contributed by atoms with van der Waals surface area (Å²) in [6.45, 7) is 0.668. The summed E-state index contributed by atoms with van der Waals surface area (Å²) < 4.78 is 6.09. The molecule has 2 aromatic carbocycles. The maximum Gasteiger partial charge on any atom is 0.305 e. The first kappa shape index (κ1) is 30.4. The van der Waals surface area contributed by atoms with Gasteiger partial charge in [-0.2, -0.15) is 0 Å². The molecule has 2 heterocycles. The number of fused-ring (bicyclic) bond motifs is 1. The quantitative estimate of drug-likeness (QED) is 0.279. The van der Waals surface area contributed by atoms with Crippen LogP contribution in [-0.4, -0.2) is 66.5 Å². The summed E-state index contributed by atoms with van der Waals surface area (Å²) in [5.41, 5.74) is 0.950. The molecule has 3 N–H and O–H groups in total. The molecule has 3 amide bonds. The van der Waals surface area contributed by atoms with Crippen LogP contribution in [0.4, 0.5) is 0 Å². The molecular formula is C29H29Cl2N3O6S. The van der Waals surface area contributed by atoms with Crippen LogP contribution in [0.25, 0.3) is 16.2 Å². The number of methoxy groups -OCH3 is 1. The van der Waals surface area contributed by atoms with Gasteiger partial charge in [0.1, 0.15) is 5.75 Å². The topological polar surface area (TPSA) is 125 Å². The zero-order valence-electron chi connectivity index (χ0n) is 22.2. The Morgan fingerprint density at radius 3 is 2.59 bits per heavy atom. The summed E-state index contributed by atoms with van der Waals surface area (Å²) in [5.74, 6) is -2.06. The SMILES string of the molecule is COc1ccccc1C(=O)NCC(CC(=O)O)NC(=O)C1CCN(C(=O)C=Cc2cc3ccsc3c(Cl)c2Cl)CC1. The van der Waals surface area contributed by atoms with Gasteiger partial charge in [0.2, 0.25) is 11.8 Å². The Morgan fingerprint density at radius 1 is 1.15 bits per heavy atom. The molecule has 1 aliphatic heterocycles. The smallest absolute Gasteiger partial charge is 0.305 e. The molecule has 0 bridgehead atoms. The molecule has 12 heteroatoms. The van der Waals surface area contributed by atoms with Gasteiger partial charge in [0.15, 0.2) is 0 Å². The fourth-order valence-electron chi connectivity index (χ4n) is 4.67. The molecule has 1 unspecified atom stereocenters. The largest absolute Gasteiger partial charge is 0.496 e. The average molecular weight is 619 g/mol. The number of benzene rings is 2. The summed E-state index contributed by atoms with van der Waals surface area (Å²) in [6, 6.07) is 9.67. The van der Waals surface area contributed by atoms with Crippen LogP contribution >= 0.6 is 34.5 Å². The van der Waals surface area contributed by atoms with Gasteiger partial charge < -0.3 is 25.4 Å². The number of thiophene rings is 1. The number of likely N-dealkylation sites (tertiary alicyclic amines) is 1. The summed E-state index contributed by atoms with van der Waals surface area (Å²) in [7, 11) is 1.45. The first-order valence-corrected chi connectivity index (χ1v) is 14.6. The van der Waals surface area contributed by atoms with Crippen LogP contribution in [0.15, 0.2) is 47.9 Å². The number of hydrogen-bond donors (Lipinski definition) is 3. The molecule has 0 aliphatic carbocycles. The van der Waals surface area contributed by atoms with E-state index in [9.17, 15) is 24.3 Å². The third kappa shape index (κ3) is 7.58. The summed E-state index contributed by atoms with van der Waals surface area (Å²) in [6.07, 6.45) is 3.58. The maximum absolute atomic E-state index is 13.0. The Morgan fingerprint density at radius 2 is 1.88 bits per heavy atom. The molecule has 1 atom stereocenters. The standard InChI is InChI=1S/C29H29Cl2N3O6S/c1-40-22-5-3-2-4-21(22)29(39)32-16-20(15-24(36)37)33-28(38)17-8-11-34(12-9-17)23(35)7-6-18-14-19-10-13-41-27(19)26(31)25(18)30/h2-7,10,13-14,17,20H,8-9,11-12,15-16H2,1H3,(H,32,39)(H,33,38)(H,36,37). The number of carbonyl (C=O) groups is 4. The summed E-state index contributed by atoms with van der Waals surface area (Å²) in [4.78, 5) is 51.5. The predicted molar refractivity (Wildman–Crippen MR) is 160 cm³/mol.